The van der Waals surface area contributed by atoms with Crippen molar-refractivity contribution in [3.8, 4) is 28.4 Å². The van der Waals surface area contributed by atoms with Crippen molar-refractivity contribution in [2.45, 2.75) is 40.7 Å². The largest absolute Gasteiger partial charge is 0.507 e. The number of carbonyl (C=O) groups is 2. The van der Waals surface area contributed by atoms with E-state index in [0.717, 1.165) is 5.56 Å². The van der Waals surface area contributed by atoms with Crippen LogP contribution in [0, 0.1) is 12.3 Å². The van der Waals surface area contributed by atoms with E-state index in [4.69, 9.17) is 9.47 Å². The fourth-order valence-electron chi connectivity index (χ4n) is 3.58. The molecule has 0 atom stereocenters. The summed E-state index contributed by atoms with van der Waals surface area (Å²) in [6.45, 7) is 7.79. The molecule has 1 heterocycles. The van der Waals surface area contributed by atoms with Crippen LogP contribution in [0.1, 0.15) is 59.0 Å². The number of carboxylic acid groups (broad SMARTS) is 1. The van der Waals surface area contributed by atoms with Gasteiger partial charge in [-0.15, -0.1) is 0 Å². The van der Waals surface area contributed by atoms with Gasteiger partial charge >= 0.3 is 5.97 Å². The number of pyridine rings is 1. The van der Waals surface area contributed by atoms with Crippen LogP contribution in [0.5, 0.6) is 17.2 Å². The van der Waals surface area contributed by atoms with Gasteiger partial charge in [0, 0.05) is 41.1 Å². The zero-order valence-corrected chi connectivity index (χ0v) is 20.0. The molecule has 3 rings (SSSR count). The number of phenolic OH excluding ortho intramolecular Hbond substituents is 1. The number of methoxy groups -OCH3 is 1. The minimum atomic E-state index is -1.03. The third-order valence-electron chi connectivity index (χ3n) is 5.32. The van der Waals surface area contributed by atoms with Gasteiger partial charge in [0.2, 0.25) is 0 Å². The van der Waals surface area contributed by atoms with E-state index in [0.29, 0.717) is 34.6 Å². The van der Waals surface area contributed by atoms with Gasteiger partial charge in [0.1, 0.15) is 23.9 Å². The topological polar surface area (TPSA) is 106 Å². The molecule has 34 heavy (non-hydrogen) atoms. The second kappa shape index (κ2) is 9.95. The number of rotatable bonds is 8. The number of aromatic nitrogens is 1. The Balaban J connectivity index is 1.82. The van der Waals surface area contributed by atoms with E-state index in [-0.39, 0.29) is 34.7 Å². The van der Waals surface area contributed by atoms with Gasteiger partial charge in [-0.3, -0.25) is 9.78 Å². The van der Waals surface area contributed by atoms with Gasteiger partial charge in [0.15, 0.2) is 5.78 Å². The molecule has 0 aliphatic heterocycles. The summed E-state index contributed by atoms with van der Waals surface area (Å²) in [4.78, 5) is 28.2. The van der Waals surface area contributed by atoms with Crippen LogP contribution in [0.3, 0.4) is 0 Å². The van der Waals surface area contributed by atoms with Crippen LogP contribution in [0.15, 0.2) is 48.8 Å². The van der Waals surface area contributed by atoms with Crippen LogP contribution in [0.4, 0.5) is 0 Å². The number of carbonyl (C=O) groups excluding carboxylic acids is 1. The van der Waals surface area contributed by atoms with Crippen molar-refractivity contribution in [2.24, 2.45) is 5.41 Å². The van der Waals surface area contributed by atoms with E-state index >= 15 is 0 Å². The number of nitrogens with zero attached hydrogens (tertiary/aromatic N) is 1. The molecule has 0 radical (unpaired) electrons. The van der Waals surface area contributed by atoms with E-state index in [1.54, 1.807) is 43.6 Å². The average molecular weight is 464 g/mol. The first kappa shape index (κ1) is 24.8. The van der Waals surface area contributed by atoms with Crippen LogP contribution in [-0.2, 0) is 6.61 Å². The number of ketones is 1. The highest BCUT2D eigenvalue weighted by Gasteiger charge is 2.22. The van der Waals surface area contributed by atoms with Crippen LogP contribution < -0.4 is 9.47 Å². The lowest BCUT2D eigenvalue weighted by Crippen LogP contribution is -2.13. The summed E-state index contributed by atoms with van der Waals surface area (Å²) in [6, 6.07) is 9.74. The van der Waals surface area contributed by atoms with Crippen molar-refractivity contribution in [3.05, 3.63) is 71.0 Å². The summed E-state index contributed by atoms with van der Waals surface area (Å²) >= 11 is 0. The monoisotopic (exact) mass is 463 g/mol. The molecule has 7 heteroatoms. The van der Waals surface area contributed by atoms with Crippen LogP contribution >= 0.6 is 0 Å². The molecule has 0 fully saturated rings. The molecule has 0 aliphatic rings. The molecule has 3 aromatic rings. The number of benzene rings is 2. The highest BCUT2D eigenvalue weighted by Crippen LogP contribution is 2.34. The lowest BCUT2D eigenvalue weighted by molar-refractivity contribution is 0.0696. The Bertz CT molecular complexity index is 1230. The Kier molecular flexibility index (Phi) is 7.25. The molecule has 0 amide bonds. The van der Waals surface area contributed by atoms with Gasteiger partial charge in [-0.25, -0.2) is 4.79 Å². The van der Waals surface area contributed by atoms with Gasteiger partial charge in [-0.1, -0.05) is 20.8 Å². The highest BCUT2D eigenvalue weighted by molar-refractivity contribution is 5.99. The second-order valence-corrected chi connectivity index (χ2v) is 9.34. The van der Waals surface area contributed by atoms with Crippen molar-refractivity contribution in [2.75, 3.05) is 7.11 Å². The lowest BCUT2D eigenvalue weighted by atomic mass is 9.87. The molecule has 1 aromatic heterocycles. The first-order chi connectivity index (χ1) is 16.0. The maximum Gasteiger partial charge on any atom is 0.335 e. The molecule has 0 saturated heterocycles. The summed E-state index contributed by atoms with van der Waals surface area (Å²) in [6.07, 6.45) is 3.60. The summed E-state index contributed by atoms with van der Waals surface area (Å²) in [5, 5.41) is 19.9. The normalized spacial score (nSPS) is 11.2. The summed E-state index contributed by atoms with van der Waals surface area (Å²) in [5.74, 6) is -0.235. The van der Waals surface area contributed by atoms with E-state index in [1.807, 2.05) is 26.8 Å². The summed E-state index contributed by atoms with van der Waals surface area (Å²) in [5.41, 5.74) is 2.76. The van der Waals surface area contributed by atoms with E-state index < -0.39 is 5.97 Å². The van der Waals surface area contributed by atoms with Crippen molar-refractivity contribution in [1.29, 1.82) is 0 Å². The van der Waals surface area contributed by atoms with Gasteiger partial charge in [-0.2, -0.15) is 0 Å². The average Bonchev–Trinajstić information content (AvgIpc) is 2.78. The minimum Gasteiger partial charge on any atom is -0.507 e. The third kappa shape index (κ3) is 5.73. The van der Waals surface area contributed by atoms with Crippen LogP contribution in [-0.4, -0.2) is 34.1 Å². The predicted molar refractivity (Wildman–Crippen MR) is 129 cm³/mol. The number of ether oxygens (including phenoxy) is 2. The Morgan fingerprint density at radius 3 is 2.38 bits per heavy atom. The first-order valence-electron chi connectivity index (χ1n) is 10.8. The molecule has 0 unspecified atom stereocenters. The summed E-state index contributed by atoms with van der Waals surface area (Å²) in [7, 11) is 1.52. The Hall–Kier alpha value is -3.87. The molecule has 0 bridgehead atoms. The Morgan fingerprint density at radius 2 is 1.74 bits per heavy atom. The maximum atomic E-state index is 12.6. The first-order valence-corrected chi connectivity index (χ1v) is 10.8. The number of carboxylic acids is 1. The second-order valence-electron chi connectivity index (χ2n) is 9.34. The zero-order valence-electron chi connectivity index (χ0n) is 20.0. The SMILES string of the molecule is COc1ccc(C(=O)O)cc1-c1cncc(COc2ccc(C(=O)CC(C)(C)C)c(O)c2C)c1. The van der Waals surface area contributed by atoms with Crippen molar-refractivity contribution in [3.63, 3.8) is 0 Å². The smallest absolute Gasteiger partial charge is 0.335 e. The van der Waals surface area contributed by atoms with Gasteiger partial charge < -0.3 is 19.7 Å². The lowest BCUT2D eigenvalue weighted by Gasteiger charge is -2.18. The van der Waals surface area contributed by atoms with Crippen LogP contribution in [0.25, 0.3) is 11.1 Å². The third-order valence-corrected chi connectivity index (χ3v) is 5.32. The fraction of sp³-hybridized carbons (Fsp3) is 0.296. The van der Waals surface area contributed by atoms with Crippen molar-refractivity contribution in [1.82, 2.24) is 4.98 Å². The Morgan fingerprint density at radius 1 is 1.03 bits per heavy atom. The Labute approximate surface area is 199 Å². The molecule has 7 nitrogen and oxygen atoms in total. The molecule has 2 aromatic carbocycles. The maximum absolute atomic E-state index is 12.6. The zero-order chi connectivity index (χ0) is 25.0. The molecule has 0 saturated carbocycles. The van der Waals surface area contributed by atoms with Crippen LogP contribution in [0.2, 0.25) is 0 Å². The minimum absolute atomic E-state index is 0.0751. The number of hydrogen-bond acceptors (Lipinski definition) is 6. The molecular weight excluding hydrogens is 434 g/mol. The number of hydrogen-bond donors (Lipinski definition) is 2. The molecule has 0 spiro atoms. The molecular formula is C27H29NO6. The molecule has 0 aliphatic carbocycles. The van der Waals surface area contributed by atoms with Gasteiger partial charge in [0.25, 0.3) is 0 Å². The fourth-order valence-corrected chi connectivity index (χ4v) is 3.58. The van der Waals surface area contributed by atoms with E-state index in [2.05, 4.69) is 4.98 Å². The number of aromatic carboxylic acids is 1. The number of Topliss-reactive ketones (excluding diaryl/α,β-unsaturated/α-hetero) is 1. The quantitative estimate of drug-likeness (QED) is 0.415. The number of phenols is 1. The predicted octanol–water partition coefficient (Wildman–Crippen LogP) is 5.67. The van der Waals surface area contributed by atoms with E-state index in [9.17, 15) is 19.8 Å². The number of aromatic hydroxyl groups is 1. The summed E-state index contributed by atoms with van der Waals surface area (Å²) < 4.78 is 11.3. The van der Waals surface area contributed by atoms with E-state index in [1.165, 1.54) is 13.2 Å². The molecule has 178 valence electrons. The van der Waals surface area contributed by atoms with Gasteiger partial charge in [0.05, 0.1) is 18.2 Å². The van der Waals surface area contributed by atoms with Crippen molar-refractivity contribution < 1.29 is 29.3 Å². The van der Waals surface area contributed by atoms with Crippen molar-refractivity contribution >= 4 is 11.8 Å². The van der Waals surface area contributed by atoms with Gasteiger partial charge in [-0.05, 0) is 48.7 Å². The molecule has 2 N–H and O–H groups in total. The standard InChI is InChI=1S/C27H29NO6/c1-16-23(9-7-20(25(16)30)22(29)12-27(2,3)4)34-15-17-10-19(14-28-13-17)21-11-18(26(31)32)6-8-24(21)33-5/h6-11,13-14,30H,12,15H2,1-5H3,(H,31,32). The highest BCUT2D eigenvalue weighted by atomic mass is 16.5.